The van der Waals surface area contributed by atoms with Crippen LogP contribution in [0.1, 0.15) is 9.67 Å². The Morgan fingerprint density at radius 3 is 2.76 bits per heavy atom. The van der Waals surface area contributed by atoms with Crippen molar-refractivity contribution >= 4 is 33.9 Å². The van der Waals surface area contributed by atoms with E-state index in [1.807, 2.05) is 0 Å². The fraction of sp³-hybridized carbons (Fsp3) is 0.333. The number of amides is 1. The van der Waals surface area contributed by atoms with Gasteiger partial charge in [0.25, 0.3) is 5.91 Å². The monoisotopic (exact) mass is 306 g/mol. The highest BCUT2D eigenvalue weighted by Gasteiger charge is 2.21. The molecule has 1 saturated heterocycles. The lowest BCUT2D eigenvalue weighted by Gasteiger charge is -2.25. The molecule has 0 unspecified atom stereocenters. The van der Waals surface area contributed by atoms with Gasteiger partial charge in [0.05, 0.1) is 31.3 Å². The van der Waals surface area contributed by atoms with Crippen LogP contribution in [-0.2, 0) is 4.74 Å². The van der Waals surface area contributed by atoms with E-state index >= 15 is 0 Å². The SMILES string of the molecule is Nc1nc(N2CCOCC2)sc1C(=O)Nc1cncnc1. The molecule has 2 aromatic rings. The van der Waals surface area contributed by atoms with E-state index in [9.17, 15) is 4.79 Å². The summed E-state index contributed by atoms with van der Waals surface area (Å²) >= 11 is 1.27. The Morgan fingerprint density at radius 1 is 1.33 bits per heavy atom. The Morgan fingerprint density at radius 2 is 2.05 bits per heavy atom. The van der Waals surface area contributed by atoms with Crippen LogP contribution >= 0.6 is 11.3 Å². The highest BCUT2D eigenvalue weighted by atomic mass is 32.1. The molecule has 0 aliphatic carbocycles. The minimum absolute atomic E-state index is 0.232. The molecule has 0 saturated carbocycles. The van der Waals surface area contributed by atoms with Gasteiger partial charge in [-0.05, 0) is 0 Å². The summed E-state index contributed by atoms with van der Waals surface area (Å²) in [6.45, 7) is 2.81. The molecule has 0 bridgehead atoms. The van der Waals surface area contributed by atoms with Crippen LogP contribution in [0, 0.1) is 0 Å². The molecule has 0 radical (unpaired) electrons. The zero-order chi connectivity index (χ0) is 14.7. The molecule has 0 aromatic carbocycles. The van der Waals surface area contributed by atoms with E-state index < -0.39 is 0 Å². The van der Waals surface area contributed by atoms with Gasteiger partial charge in [-0.1, -0.05) is 11.3 Å². The summed E-state index contributed by atoms with van der Waals surface area (Å²) in [5.41, 5.74) is 6.37. The van der Waals surface area contributed by atoms with E-state index in [1.165, 1.54) is 30.1 Å². The molecule has 8 nitrogen and oxygen atoms in total. The Balaban J connectivity index is 1.75. The van der Waals surface area contributed by atoms with E-state index in [-0.39, 0.29) is 11.7 Å². The Kier molecular flexibility index (Phi) is 3.93. The maximum absolute atomic E-state index is 12.2. The lowest BCUT2D eigenvalue weighted by atomic mass is 10.4. The number of carbonyl (C=O) groups excluding carboxylic acids is 1. The van der Waals surface area contributed by atoms with Gasteiger partial charge in [-0.2, -0.15) is 0 Å². The highest BCUT2D eigenvalue weighted by molar-refractivity contribution is 7.18. The zero-order valence-electron chi connectivity index (χ0n) is 11.2. The van der Waals surface area contributed by atoms with E-state index in [0.29, 0.717) is 23.8 Å². The number of ether oxygens (including phenoxy) is 1. The lowest BCUT2D eigenvalue weighted by molar-refractivity contribution is 0.103. The molecule has 0 spiro atoms. The number of morpholine rings is 1. The second-order valence-corrected chi connectivity index (χ2v) is 5.37. The molecular weight excluding hydrogens is 292 g/mol. The van der Waals surface area contributed by atoms with Crippen molar-refractivity contribution in [1.29, 1.82) is 0 Å². The predicted molar refractivity (Wildman–Crippen MR) is 79.5 cm³/mol. The number of nitrogen functional groups attached to an aromatic ring is 1. The predicted octanol–water partition coefficient (Wildman–Crippen LogP) is 0.604. The number of nitrogens with two attached hydrogens (primary N) is 1. The number of aromatic nitrogens is 3. The molecule has 1 fully saturated rings. The van der Waals surface area contributed by atoms with Crippen molar-refractivity contribution in [2.45, 2.75) is 0 Å². The first-order valence-corrected chi connectivity index (χ1v) is 7.21. The van der Waals surface area contributed by atoms with E-state index in [1.54, 1.807) is 0 Å². The lowest BCUT2D eigenvalue weighted by Crippen LogP contribution is -2.36. The molecule has 2 aromatic heterocycles. The van der Waals surface area contributed by atoms with Crippen LogP contribution in [-0.4, -0.2) is 47.2 Å². The van der Waals surface area contributed by atoms with Crippen LogP contribution in [0.25, 0.3) is 0 Å². The second kappa shape index (κ2) is 6.02. The van der Waals surface area contributed by atoms with Crippen LogP contribution in [0.5, 0.6) is 0 Å². The van der Waals surface area contributed by atoms with Crippen molar-refractivity contribution in [3.05, 3.63) is 23.6 Å². The van der Waals surface area contributed by atoms with Gasteiger partial charge in [-0.3, -0.25) is 4.79 Å². The molecule has 110 valence electrons. The summed E-state index contributed by atoms with van der Waals surface area (Å²) in [6.07, 6.45) is 4.43. The maximum Gasteiger partial charge on any atom is 0.269 e. The minimum Gasteiger partial charge on any atom is -0.382 e. The maximum atomic E-state index is 12.2. The third-order valence-electron chi connectivity index (χ3n) is 2.95. The van der Waals surface area contributed by atoms with Gasteiger partial charge < -0.3 is 20.7 Å². The fourth-order valence-corrected chi connectivity index (χ4v) is 2.86. The molecule has 9 heteroatoms. The van der Waals surface area contributed by atoms with Gasteiger partial charge in [-0.25, -0.2) is 15.0 Å². The summed E-state index contributed by atoms with van der Waals surface area (Å²) in [5, 5.41) is 3.44. The van der Waals surface area contributed by atoms with Crippen LogP contribution in [0.4, 0.5) is 16.6 Å². The van der Waals surface area contributed by atoms with E-state index in [4.69, 9.17) is 10.5 Å². The van der Waals surface area contributed by atoms with Gasteiger partial charge in [-0.15, -0.1) is 0 Å². The molecule has 3 N–H and O–H groups in total. The van der Waals surface area contributed by atoms with Crippen molar-refractivity contribution in [2.24, 2.45) is 0 Å². The Bertz CT molecular complexity index is 626. The van der Waals surface area contributed by atoms with Crippen molar-refractivity contribution in [3.8, 4) is 0 Å². The first-order valence-electron chi connectivity index (χ1n) is 6.39. The number of nitrogens with one attached hydrogen (secondary N) is 1. The standard InChI is InChI=1S/C12H14N6O2S/c13-10-9(11(19)16-8-5-14-7-15-6-8)21-12(17-10)18-1-3-20-4-2-18/h5-7H,1-4,13H2,(H,16,19). The number of nitrogens with zero attached hydrogens (tertiary/aromatic N) is 4. The van der Waals surface area contributed by atoms with Crippen LogP contribution in [0.15, 0.2) is 18.7 Å². The molecular formula is C12H14N6O2S. The molecule has 1 amide bonds. The van der Waals surface area contributed by atoms with E-state index in [0.717, 1.165) is 18.2 Å². The van der Waals surface area contributed by atoms with Gasteiger partial charge >= 0.3 is 0 Å². The first-order chi connectivity index (χ1) is 10.2. The summed E-state index contributed by atoms with van der Waals surface area (Å²) in [4.78, 5) is 26.6. The first kappa shape index (κ1) is 13.7. The molecule has 21 heavy (non-hydrogen) atoms. The van der Waals surface area contributed by atoms with Gasteiger partial charge in [0.1, 0.15) is 17.0 Å². The number of hydrogen-bond acceptors (Lipinski definition) is 8. The quantitative estimate of drug-likeness (QED) is 0.855. The smallest absolute Gasteiger partial charge is 0.269 e. The molecule has 1 aliphatic rings. The van der Waals surface area contributed by atoms with Gasteiger partial charge in [0.15, 0.2) is 5.13 Å². The van der Waals surface area contributed by atoms with Gasteiger partial charge in [0.2, 0.25) is 0 Å². The Hall–Kier alpha value is -2.26. The number of anilines is 3. The number of carbonyl (C=O) groups is 1. The van der Waals surface area contributed by atoms with Crippen molar-refractivity contribution in [3.63, 3.8) is 0 Å². The molecule has 0 atom stereocenters. The minimum atomic E-state index is -0.306. The third kappa shape index (κ3) is 3.09. The highest BCUT2D eigenvalue weighted by Crippen LogP contribution is 2.29. The summed E-state index contributed by atoms with van der Waals surface area (Å²) < 4.78 is 5.30. The topological polar surface area (TPSA) is 106 Å². The van der Waals surface area contributed by atoms with Crippen LogP contribution in [0.3, 0.4) is 0 Å². The van der Waals surface area contributed by atoms with Crippen LogP contribution < -0.4 is 16.0 Å². The average Bonchev–Trinajstić information content (AvgIpc) is 2.91. The summed E-state index contributed by atoms with van der Waals surface area (Å²) in [6, 6.07) is 0. The fourth-order valence-electron chi connectivity index (χ4n) is 1.92. The average molecular weight is 306 g/mol. The summed E-state index contributed by atoms with van der Waals surface area (Å²) in [5.74, 6) is -0.0739. The third-order valence-corrected chi connectivity index (χ3v) is 4.08. The van der Waals surface area contributed by atoms with Gasteiger partial charge in [0, 0.05) is 13.1 Å². The number of hydrogen-bond donors (Lipinski definition) is 2. The molecule has 3 rings (SSSR count). The second-order valence-electron chi connectivity index (χ2n) is 4.39. The summed E-state index contributed by atoms with van der Waals surface area (Å²) in [7, 11) is 0. The zero-order valence-corrected chi connectivity index (χ0v) is 12.0. The normalized spacial score (nSPS) is 15.0. The van der Waals surface area contributed by atoms with Crippen molar-refractivity contribution in [1.82, 2.24) is 15.0 Å². The number of thiazole rings is 1. The molecule has 3 heterocycles. The van der Waals surface area contributed by atoms with Crippen molar-refractivity contribution in [2.75, 3.05) is 42.3 Å². The number of rotatable bonds is 3. The largest absolute Gasteiger partial charge is 0.382 e. The van der Waals surface area contributed by atoms with Crippen LogP contribution in [0.2, 0.25) is 0 Å². The molecule has 1 aliphatic heterocycles. The van der Waals surface area contributed by atoms with Crippen molar-refractivity contribution < 1.29 is 9.53 Å². The van der Waals surface area contributed by atoms with E-state index in [2.05, 4.69) is 25.2 Å². The Labute approximate surface area is 125 Å².